The zero-order valence-electron chi connectivity index (χ0n) is 11.2. The predicted octanol–water partition coefficient (Wildman–Crippen LogP) is 0.855. The van der Waals surface area contributed by atoms with Gasteiger partial charge in [0.05, 0.1) is 6.42 Å². The summed E-state index contributed by atoms with van der Waals surface area (Å²) in [5, 5.41) is 4.14. The van der Waals surface area contributed by atoms with Gasteiger partial charge >= 0.3 is 6.18 Å². The summed E-state index contributed by atoms with van der Waals surface area (Å²) in [6.07, 6.45) is -4.87. The summed E-state index contributed by atoms with van der Waals surface area (Å²) in [6, 6.07) is 3.09. The number of nitrogens with zero attached hydrogens (tertiary/aromatic N) is 4. The molecule has 0 amide bonds. The van der Waals surface area contributed by atoms with Gasteiger partial charge in [0.2, 0.25) is 0 Å². The lowest BCUT2D eigenvalue weighted by Crippen LogP contribution is -2.47. The van der Waals surface area contributed by atoms with Crippen LogP contribution in [0.5, 0.6) is 0 Å². The maximum atomic E-state index is 12.2. The highest BCUT2D eigenvalue weighted by atomic mass is 19.4. The molecule has 0 bridgehead atoms. The molecule has 2 heterocycles. The Balaban J connectivity index is 1.87. The number of anilines is 1. The highest BCUT2D eigenvalue weighted by Gasteiger charge is 2.28. The Morgan fingerprint density at radius 3 is 2.40 bits per heavy atom. The fraction of sp³-hybridized carbons (Fsp3) is 0.667. The van der Waals surface area contributed by atoms with Crippen LogP contribution in [0.1, 0.15) is 6.42 Å². The quantitative estimate of drug-likeness (QED) is 0.828. The minimum absolute atomic E-state index is 0.0397. The van der Waals surface area contributed by atoms with Crippen LogP contribution >= 0.6 is 0 Å². The Bertz CT molecular complexity index is 506. The lowest BCUT2D eigenvalue weighted by molar-refractivity contribution is -0.138. The van der Waals surface area contributed by atoms with Gasteiger partial charge in [-0.1, -0.05) is 0 Å². The summed E-state index contributed by atoms with van der Waals surface area (Å²) < 4.78 is 37.7. The van der Waals surface area contributed by atoms with E-state index in [4.69, 9.17) is 0 Å². The van der Waals surface area contributed by atoms with E-state index in [1.807, 2.05) is 4.90 Å². The maximum Gasteiger partial charge on any atom is 0.390 e. The van der Waals surface area contributed by atoms with Gasteiger partial charge in [0.25, 0.3) is 5.56 Å². The molecule has 0 saturated carbocycles. The van der Waals surface area contributed by atoms with E-state index < -0.39 is 12.6 Å². The first kappa shape index (κ1) is 14.8. The largest absolute Gasteiger partial charge is 0.390 e. The average molecular weight is 290 g/mol. The lowest BCUT2D eigenvalue weighted by Gasteiger charge is -2.35. The summed E-state index contributed by atoms with van der Waals surface area (Å²) in [5.41, 5.74) is -0.183. The maximum absolute atomic E-state index is 12.2. The molecule has 0 atom stereocenters. The van der Waals surface area contributed by atoms with Crippen LogP contribution in [0.25, 0.3) is 0 Å². The second kappa shape index (κ2) is 5.82. The SMILES string of the molecule is Cn1nc(N2CCN(CCC(F)(F)F)CC2)ccc1=O. The van der Waals surface area contributed by atoms with E-state index in [0.717, 1.165) is 0 Å². The number of aromatic nitrogens is 2. The first-order chi connectivity index (χ1) is 9.35. The third-order valence-corrected chi connectivity index (χ3v) is 3.35. The van der Waals surface area contributed by atoms with Gasteiger partial charge in [-0.2, -0.15) is 18.3 Å². The standard InChI is InChI=1S/C12H17F3N4O/c1-17-11(20)3-2-10(16-17)19-8-6-18(7-9-19)5-4-12(13,14)15/h2-3H,4-9H2,1H3. The molecule has 1 aliphatic rings. The van der Waals surface area contributed by atoms with E-state index in [9.17, 15) is 18.0 Å². The molecule has 0 aliphatic carbocycles. The second-order valence-corrected chi connectivity index (χ2v) is 4.85. The van der Waals surface area contributed by atoms with Gasteiger partial charge in [-0.15, -0.1) is 0 Å². The molecule has 5 nitrogen and oxygen atoms in total. The highest BCUT2D eigenvalue weighted by molar-refractivity contribution is 5.37. The minimum atomic E-state index is -4.10. The van der Waals surface area contributed by atoms with Gasteiger partial charge in [-0.3, -0.25) is 9.69 Å². The van der Waals surface area contributed by atoms with E-state index in [1.54, 1.807) is 18.0 Å². The molecule has 1 aromatic heterocycles. The van der Waals surface area contributed by atoms with E-state index in [1.165, 1.54) is 10.7 Å². The van der Waals surface area contributed by atoms with Gasteiger partial charge in [-0.25, -0.2) is 4.68 Å². The Morgan fingerprint density at radius 1 is 1.20 bits per heavy atom. The van der Waals surface area contributed by atoms with Crippen molar-refractivity contribution in [1.82, 2.24) is 14.7 Å². The number of alkyl halides is 3. The number of hydrogen-bond acceptors (Lipinski definition) is 4. The smallest absolute Gasteiger partial charge is 0.353 e. The summed E-state index contributed by atoms with van der Waals surface area (Å²) in [4.78, 5) is 15.0. The zero-order chi connectivity index (χ0) is 14.8. The van der Waals surface area contributed by atoms with Gasteiger partial charge in [0.1, 0.15) is 5.82 Å². The van der Waals surface area contributed by atoms with Crippen LogP contribution in [0.4, 0.5) is 19.0 Å². The van der Waals surface area contributed by atoms with E-state index in [2.05, 4.69) is 5.10 Å². The minimum Gasteiger partial charge on any atom is -0.353 e. The fourth-order valence-electron chi connectivity index (χ4n) is 2.14. The molecule has 8 heteroatoms. The number of aryl methyl sites for hydroxylation is 1. The third-order valence-electron chi connectivity index (χ3n) is 3.35. The van der Waals surface area contributed by atoms with Crippen LogP contribution in [0.15, 0.2) is 16.9 Å². The molecule has 1 saturated heterocycles. The van der Waals surface area contributed by atoms with Crippen molar-refractivity contribution in [1.29, 1.82) is 0 Å². The molecule has 0 spiro atoms. The van der Waals surface area contributed by atoms with Gasteiger partial charge in [0, 0.05) is 45.8 Å². The fourth-order valence-corrected chi connectivity index (χ4v) is 2.14. The van der Waals surface area contributed by atoms with Crippen LogP contribution in [0.3, 0.4) is 0 Å². The molecule has 2 rings (SSSR count). The van der Waals surface area contributed by atoms with Crippen molar-refractivity contribution in [3.63, 3.8) is 0 Å². The highest BCUT2D eigenvalue weighted by Crippen LogP contribution is 2.20. The van der Waals surface area contributed by atoms with Crippen LogP contribution < -0.4 is 10.5 Å². The molecule has 1 aromatic rings. The van der Waals surface area contributed by atoms with Crippen molar-refractivity contribution in [3.05, 3.63) is 22.5 Å². The average Bonchev–Trinajstić information content (AvgIpc) is 2.39. The summed E-state index contributed by atoms with van der Waals surface area (Å²) in [5.74, 6) is 0.683. The Kier molecular flexibility index (Phi) is 4.32. The molecular weight excluding hydrogens is 273 g/mol. The van der Waals surface area contributed by atoms with Crippen molar-refractivity contribution in [2.24, 2.45) is 7.05 Å². The predicted molar refractivity (Wildman–Crippen MR) is 68.8 cm³/mol. The number of piperazine rings is 1. The van der Waals surface area contributed by atoms with Gasteiger partial charge < -0.3 is 4.90 Å². The van der Waals surface area contributed by atoms with Crippen LogP contribution in [-0.2, 0) is 7.05 Å². The molecule has 112 valence electrons. The topological polar surface area (TPSA) is 41.4 Å². The van der Waals surface area contributed by atoms with E-state index in [0.29, 0.717) is 32.0 Å². The number of hydrogen-bond donors (Lipinski definition) is 0. The van der Waals surface area contributed by atoms with Crippen molar-refractivity contribution in [2.45, 2.75) is 12.6 Å². The molecule has 20 heavy (non-hydrogen) atoms. The van der Waals surface area contributed by atoms with Crippen molar-refractivity contribution >= 4 is 5.82 Å². The molecule has 0 N–H and O–H groups in total. The normalized spacial score (nSPS) is 17.5. The van der Waals surface area contributed by atoms with Gasteiger partial charge in [-0.05, 0) is 6.07 Å². The van der Waals surface area contributed by atoms with Crippen LogP contribution in [0.2, 0.25) is 0 Å². The number of rotatable bonds is 3. The van der Waals surface area contributed by atoms with Gasteiger partial charge in [0.15, 0.2) is 0 Å². The summed E-state index contributed by atoms with van der Waals surface area (Å²) in [7, 11) is 1.57. The zero-order valence-corrected chi connectivity index (χ0v) is 11.2. The monoisotopic (exact) mass is 290 g/mol. The lowest BCUT2D eigenvalue weighted by atomic mass is 10.3. The van der Waals surface area contributed by atoms with Crippen LogP contribution in [-0.4, -0.2) is 53.6 Å². The molecule has 0 aromatic carbocycles. The van der Waals surface area contributed by atoms with Crippen molar-refractivity contribution < 1.29 is 13.2 Å². The second-order valence-electron chi connectivity index (χ2n) is 4.85. The van der Waals surface area contributed by atoms with E-state index in [-0.39, 0.29) is 12.1 Å². The Labute approximate surface area is 114 Å². The summed E-state index contributed by atoms with van der Waals surface area (Å²) >= 11 is 0. The molecule has 1 aliphatic heterocycles. The van der Waals surface area contributed by atoms with Crippen LogP contribution in [0, 0.1) is 0 Å². The Morgan fingerprint density at radius 2 is 1.85 bits per heavy atom. The third kappa shape index (κ3) is 3.96. The molecule has 0 unspecified atom stereocenters. The van der Waals surface area contributed by atoms with E-state index >= 15 is 0 Å². The first-order valence-electron chi connectivity index (χ1n) is 6.43. The molecule has 0 radical (unpaired) electrons. The van der Waals surface area contributed by atoms with Crippen molar-refractivity contribution in [3.8, 4) is 0 Å². The molecule has 1 fully saturated rings. The molecular formula is C12H17F3N4O. The Hall–Kier alpha value is -1.57. The van der Waals surface area contributed by atoms with Crippen molar-refractivity contribution in [2.75, 3.05) is 37.6 Å². The first-order valence-corrected chi connectivity index (χ1v) is 6.43. The number of halogens is 3. The summed E-state index contributed by atoms with van der Waals surface area (Å²) in [6.45, 7) is 2.41.